The van der Waals surface area contributed by atoms with Crippen LogP contribution in [-0.2, 0) is 5.41 Å². The second-order valence-corrected chi connectivity index (χ2v) is 5.04. The van der Waals surface area contributed by atoms with Gasteiger partial charge in [-0.2, -0.15) is 0 Å². The molecule has 0 saturated heterocycles. The summed E-state index contributed by atoms with van der Waals surface area (Å²) in [4.78, 5) is 1.34. The Morgan fingerprint density at radius 1 is 1.64 bits per heavy atom. The van der Waals surface area contributed by atoms with Crippen molar-refractivity contribution in [3.8, 4) is 0 Å². The highest BCUT2D eigenvalue weighted by Crippen LogP contribution is 2.26. The molecule has 78 valence electrons. The molecule has 3 nitrogen and oxygen atoms in total. The molecule has 0 amide bonds. The summed E-state index contributed by atoms with van der Waals surface area (Å²) in [5, 5.41) is 5.62. The van der Waals surface area contributed by atoms with Gasteiger partial charge in [-0.3, -0.25) is 0 Å². The Hall–Kier alpha value is -0.650. The molecular formula is C9H15N3S2. The molecule has 0 unspecified atom stereocenters. The molecule has 0 aliphatic heterocycles. The largest absolute Gasteiger partial charge is 0.361 e. The van der Waals surface area contributed by atoms with E-state index in [-0.39, 0.29) is 5.41 Å². The van der Waals surface area contributed by atoms with E-state index in [0.29, 0.717) is 5.11 Å². The summed E-state index contributed by atoms with van der Waals surface area (Å²) in [5.41, 5.74) is 2.49. The Bertz CT molecular complexity index is 293. The molecule has 0 atom stereocenters. The van der Waals surface area contributed by atoms with Crippen molar-refractivity contribution in [2.45, 2.75) is 19.3 Å². The maximum atomic E-state index is 5.17. The van der Waals surface area contributed by atoms with Crippen LogP contribution >= 0.6 is 23.6 Å². The quantitative estimate of drug-likeness (QED) is 0.416. The van der Waals surface area contributed by atoms with Gasteiger partial charge in [-0.25, -0.2) is 5.84 Å². The maximum Gasteiger partial charge on any atom is 0.180 e. The number of thiophene rings is 1. The van der Waals surface area contributed by atoms with E-state index in [1.165, 1.54) is 4.88 Å². The number of nitrogens with one attached hydrogen (secondary N) is 2. The Morgan fingerprint density at radius 2 is 2.36 bits per heavy atom. The minimum Gasteiger partial charge on any atom is -0.361 e. The van der Waals surface area contributed by atoms with Gasteiger partial charge in [-0.15, -0.1) is 11.3 Å². The van der Waals surface area contributed by atoms with Gasteiger partial charge in [-0.05, 0) is 23.7 Å². The predicted octanol–water partition coefficient (Wildman–Crippen LogP) is 1.36. The van der Waals surface area contributed by atoms with Crippen LogP contribution in [0.3, 0.4) is 0 Å². The summed E-state index contributed by atoms with van der Waals surface area (Å²) < 4.78 is 0. The number of hydrogen-bond acceptors (Lipinski definition) is 3. The average molecular weight is 229 g/mol. The number of nitrogens with two attached hydrogens (primary N) is 1. The van der Waals surface area contributed by atoms with Crippen LogP contribution in [0.4, 0.5) is 0 Å². The van der Waals surface area contributed by atoms with Crippen LogP contribution in [0.15, 0.2) is 17.5 Å². The van der Waals surface area contributed by atoms with E-state index in [4.69, 9.17) is 18.1 Å². The molecule has 14 heavy (non-hydrogen) atoms. The number of rotatable bonds is 3. The summed E-state index contributed by atoms with van der Waals surface area (Å²) in [6, 6.07) is 4.19. The maximum absolute atomic E-state index is 5.17. The van der Waals surface area contributed by atoms with Crippen molar-refractivity contribution in [3.63, 3.8) is 0 Å². The molecule has 0 spiro atoms. The lowest BCUT2D eigenvalue weighted by Crippen LogP contribution is -2.44. The van der Waals surface area contributed by atoms with Gasteiger partial charge in [-0.1, -0.05) is 19.9 Å². The van der Waals surface area contributed by atoms with Crippen molar-refractivity contribution in [2.24, 2.45) is 5.84 Å². The van der Waals surface area contributed by atoms with E-state index >= 15 is 0 Å². The van der Waals surface area contributed by atoms with Gasteiger partial charge in [0.2, 0.25) is 0 Å². The Kier molecular flexibility index (Phi) is 3.86. The summed E-state index contributed by atoms with van der Waals surface area (Å²) in [6.45, 7) is 5.12. The van der Waals surface area contributed by atoms with Crippen molar-refractivity contribution >= 4 is 28.7 Å². The smallest absolute Gasteiger partial charge is 0.180 e. The molecule has 1 aromatic rings. The highest BCUT2D eigenvalue weighted by molar-refractivity contribution is 7.80. The third kappa shape index (κ3) is 2.94. The zero-order chi connectivity index (χ0) is 10.6. The lowest BCUT2D eigenvalue weighted by molar-refractivity contribution is 0.521. The molecule has 5 heteroatoms. The second kappa shape index (κ2) is 4.72. The van der Waals surface area contributed by atoms with E-state index < -0.39 is 0 Å². The number of hydrazine groups is 1. The fraction of sp³-hybridized carbons (Fsp3) is 0.444. The Balaban J connectivity index is 2.54. The van der Waals surface area contributed by atoms with Gasteiger partial charge in [0.15, 0.2) is 5.11 Å². The standard InChI is InChI=1S/C9H15N3S2/c1-9(2,6-11-8(13)12-10)7-4-3-5-14-7/h3-5H,6,10H2,1-2H3,(H2,11,12,13). The molecule has 0 radical (unpaired) electrons. The minimum absolute atomic E-state index is 0.0784. The van der Waals surface area contributed by atoms with Gasteiger partial charge in [0.25, 0.3) is 0 Å². The molecule has 1 heterocycles. The van der Waals surface area contributed by atoms with Gasteiger partial charge in [0.1, 0.15) is 0 Å². The molecule has 0 aromatic carbocycles. The third-order valence-corrected chi connectivity index (χ3v) is 3.51. The molecule has 1 aromatic heterocycles. The Labute approximate surface area is 93.7 Å². The summed E-state index contributed by atoms with van der Waals surface area (Å²) in [6.07, 6.45) is 0. The first-order valence-electron chi connectivity index (χ1n) is 4.35. The van der Waals surface area contributed by atoms with E-state index in [1.54, 1.807) is 11.3 Å². The zero-order valence-corrected chi connectivity index (χ0v) is 9.97. The van der Waals surface area contributed by atoms with E-state index in [9.17, 15) is 0 Å². The molecule has 4 N–H and O–H groups in total. The first kappa shape index (κ1) is 11.4. The van der Waals surface area contributed by atoms with Crippen LogP contribution in [0.5, 0.6) is 0 Å². The fourth-order valence-electron chi connectivity index (χ4n) is 1.10. The van der Waals surface area contributed by atoms with Gasteiger partial charge < -0.3 is 10.7 Å². The van der Waals surface area contributed by atoms with E-state index in [0.717, 1.165) is 6.54 Å². The van der Waals surface area contributed by atoms with Crippen LogP contribution in [0.25, 0.3) is 0 Å². The zero-order valence-electron chi connectivity index (χ0n) is 8.33. The molecule has 0 bridgehead atoms. The van der Waals surface area contributed by atoms with Crippen molar-refractivity contribution in [3.05, 3.63) is 22.4 Å². The minimum atomic E-state index is 0.0784. The molecule has 0 fully saturated rings. The highest BCUT2D eigenvalue weighted by Gasteiger charge is 2.21. The SMILES string of the molecule is CC(C)(CNC(=S)NN)c1cccs1. The molecular weight excluding hydrogens is 214 g/mol. The molecule has 1 rings (SSSR count). The first-order valence-corrected chi connectivity index (χ1v) is 5.63. The van der Waals surface area contributed by atoms with Gasteiger partial charge >= 0.3 is 0 Å². The summed E-state index contributed by atoms with van der Waals surface area (Å²) in [7, 11) is 0. The van der Waals surface area contributed by atoms with Crippen LogP contribution in [0.2, 0.25) is 0 Å². The number of hydrogen-bond donors (Lipinski definition) is 3. The normalized spacial score (nSPS) is 11.1. The lowest BCUT2D eigenvalue weighted by Gasteiger charge is -2.24. The van der Waals surface area contributed by atoms with Crippen LogP contribution < -0.4 is 16.6 Å². The van der Waals surface area contributed by atoms with Crippen molar-refractivity contribution < 1.29 is 0 Å². The number of thiocarbonyl (C=S) groups is 1. The lowest BCUT2D eigenvalue weighted by atomic mass is 9.91. The molecule has 0 saturated carbocycles. The Morgan fingerprint density at radius 3 is 2.86 bits per heavy atom. The average Bonchev–Trinajstić information content (AvgIpc) is 2.67. The van der Waals surface area contributed by atoms with E-state index in [2.05, 4.69) is 42.1 Å². The topological polar surface area (TPSA) is 50.1 Å². The van der Waals surface area contributed by atoms with Gasteiger partial charge in [0.05, 0.1) is 0 Å². The van der Waals surface area contributed by atoms with Crippen molar-refractivity contribution in [1.29, 1.82) is 0 Å². The van der Waals surface area contributed by atoms with Crippen LogP contribution in [0, 0.1) is 0 Å². The van der Waals surface area contributed by atoms with Gasteiger partial charge in [0, 0.05) is 16.8 Å². The first-order chi connectivity index (χ1) is 6.56. The van der Waals surface area contributed by atoms with Crippen LogP contribution in [-0.4, -0.2) is 11.7 Å². The van der Waals surface area contributed by atoms with E-state index in [1.807, 2.05) is 0 Å². The fourth-order valence-corrected chi connectivity index (χ4v) is 2.03. The van der Waals surface area contributed by atoms with Crippen LogP contribution in [0.1, 0.15) is 18.7 Å². The monoisotopic (exact) mass is 229 g/mol. The summed E-state index contributed by atoms with van der Waals surface area (Å²) >= 11 is 6.66. The summed E-state index contributed by atoms with van der Waals surface area (Å²) in [5.74, 6) is 5.17. The highest BCUT2D eigenvalue weighted by atomic mass is 32.1. The van der Waals surface area contributed by atoms with Crippen molar-refractivity contribution in [1.82, 2.24) is 10.7 Å². The predicted molar refractivity (Wildman–Crippen MR) is 65.3 cm³/mol. The molecule has 0 aliphatic rings. The third-order valence-electron chi connectivity index (χ3n) is 2.01. The second-order valence-electron chi connectivity index (χ2n) is 3.69. The van der Waals surface area contributed by atoms with Crippen molar-refractivity contribution in [2.75, 3.05) is 6.54 Å². The molecule has 0 aliphatic carbocycles.